The van der Waals surface area contributed by atoms with Crippen LogP contribution in [0.1, 0.15) is 50.3 Å². The number of anilines is 1. The van der Waals surface area contributed by atoms with Crippen molar-refractivity contribution in [3.8, 4) is 0 Å². The summed E-state index contributed by atoms with van der Waals surface area (Å²) < 4.78 is 0. The molecule has 1 aliphatic carbocycles. The van der Waals surface area contributed by atoms with Crippen molar-refractivity contribution in [2.24, 2.45) is 4.99 Å². The summed E-state index contributed by atoms with van der Waals surface area (Å²) in [5.74, 6) is -1.04. The molecule has 1 saturated heterocycles. The summed E-state index contributed by atoms with van der Waals surface area (Å²) in [7, 11) is 0. The van der Waals surface area contributed by atoms with Gasteiger partial charge in [-0.1, -0.05) is 37.5 Å². The van der Waals surface area contributed by atoms with E-state index in [4.69, 9.17) is 4.99 Å². The molecule has 3 heterocycles. The highest BCUT2D eigenvalue weighted by atomic mass is 32.2. The maximum atomic E-state index is 13.7. The molecule has 3 amide bonds. The number of carbonyl (C=O) groups excluding carboxylic acids is 3. The molecule has 1 saturated carbocycles. The number of fused-ring (bicyclic) bond motifs is 1. The SMILES string of the molecule is CC(=O)N1C(=O)/C(=C2\S/C(=N/c3nc(C)cs3)N(C3CCCCC3)C2=O)c2ccccc21. The van der Waals surface area contributed by atoms with E-state index in [1.165, 1.54) is 30.0 Å². The number of nitrogens with zero attached hydrogens (tertiary/aromatic N) is 4. The average Bonchev–Trinajstić information content (AvgIpc) is 3.41. The van der Waals surface area contributed by atoms with Crippen LogP contribution in [-0.2, 0) is 14.4 Å². The van der Waals surface area contributed by atoms with E-state index in [-0.39, 0.29) is 23.4 Å². The molecule has 9 heteroatoms. The molecule has 0 bridgehead atoms. The molecule has 0 atom stereocenters. The van der Waals surface area contributed by atoms with Gasteiger partial charge in [0.2, 0.25) is 11.0 Å². The number of imide groups is 1. The molecule has 7 nitrogen and oxygen atoms in total. The zero-order valence-electron chi connectivity index (χ0n) is 17.8. The number of amidine groups is 1. The van der Waals surface area contributed by atoms with Crippen molar-refractivity contribution in [3.63, 3.8) is 0 Å². The zero-order valence-corrected chi connectivity index (χ0v) is 19.5. The Hall–Kier alpha value is -2.78. The second kappa shape index (κ2) is 8.29. The van der Waals surface area contributed by atoms with Gasteiger partial charge in [-0.3, -0.25) is 19.3 Å². The summed E-state index contributed by atoms with van der Waals surface area (Å²) in [5.41, 5.74) is 2.29. The standard InChI is InChI=1S/C23H22N4O3S2/c1-13-12-31-22(24-13)25-23-27(15-8-4-3-5-9-15)21(30)19(32-23)18-16-10-6-7-11-17(16)26(14(2)28)20(18)29/h6-7,10-12,15H,3-5,8-9H2,1-2H3/b19-18-,25-23+. The molecule has 0 N–H and O–H groups in total. The number of aromatic nitrogens is 1. The summed E-state index contributed by atoms with van der Waals surface area (Å²) in [6, 6.07) is 7.17. The fraction of sp³-hybridized carbons (Fsp3) is 0.348. The predicted molar refractivity (Wildman–Crippen MR) is 127 cm³/mol. The van der Waals surface area contributed by atoms with Crippen molar-refractivity contribution in [2.45, 2.75) is 52.0 Å². The Morgan fingerprint density at radius 1 is 1.12 bits per heavy atom. The summed E-state index contributed by atoms with van der Waals surface area (Å²) >= 11 is 2.64. The first-order valence-corrected chi connectivity index (χ1v) is 12.4. The summed E-state index contributed by atoms with van der Waals surface area (Å²) in [6.07, 6.45) is 5.12. The van der Waals surface area contributed by atoms with Crippen molar-refractivity contribution >= 4 is 62.4 Å². The first kappa shape index (κ1) is 21.1. The van der Waals surface area contributed by atoms with E-state index in [0.717, 1.165) is 42.7 Å². The van der Waals surface area contributed by atoms with E-state index in [2.05, 4.69) is 4.98 Å². The average molecular weight is 467 g/mol. The van der Waals surface area contributed by atoms with Crippen molar-refractivity contribution in [2.75, 3.05) is 4.90 Å². The molecule has 0 radical (unpaired) electrons. The molecule has 2 aromatic rings. The predicted octanol–water partition coefficient (Wildman–Crippen LogP) is 4.65. The second-order valence-electron chi connectivity index (χ2n) is 8.12. The Morgan fingerprint density at radius 3 is 2.56 bits per heavy atom. The third-order valence-electron chi connectivity index (χ3n) is 5.92. The van der Waals surface area contributed by atoms with Crippen LogP contribution >= 0.6 is 23.1 Å². The smallest absolute Gasteiger partial charge is 0.267 e. The monoisotopic (exact) mass is 466 g/mol. The highest BCUT2D eigenvalue weighted by Gasteiger charge is 2.45. The number of thioether (sulfide) groups is 1. The molecule has 5 rings (SSSR count). The maximum Gasteiger partial charge on any atom is 0.267 e. The maximum absolute atomic E-state index is 13.7. The molecule has 3 aliphatic rings. The van der Waals surface area contributed by atoms with Crippen LogP contribution in [-0.4, -0.2) is 38.8 Å². The van der Waals surface area contributed by atoms with Crippen LogP contribution in [0.4, 0.5) is 10.8 Å². The largest absolute Gasteiger partial charge is 0.283 e. The first-order valence-electron chi connectivity index (χ1n) is 10.7. The molecule has 0 unspecified atom stereocenters. The number of hydrogen-bond acceptors (Lipinski definition) is 7. The quantitative estimate of drug-likeness (QED) is 0.602. The van der Waals surface area contributed by atoms with E-state index >= 15 is 0 Å². The van der Waals surface area contributed by atoms with E-state index in [9.17, 15) is 14.4 Å². The van der Waals surface area contributed by atoms with Crippen LogP contribution in [0.25, 0.3) is 5.57 Å². The lowest BCUT2D eigenvalue weighted by atomic mass is 9.94. The van der Waals surface area contributed by atoms with Crippen LogP contribution < -0.4 is 4.90 Å². The Morgan fingerprint density at radius 2 is 1.88 bits per heavy atom. The van der Waals surface area contributed by atoms with E-state index in [1.54, 1.807) is 23.1 Å². The Balaban J connectivity index is 1.64. The molecular weight excluding hydrogens is 444 g/mol. The minimum atomic E-state index is -0.454. The number of para-hydroxylation sites is 1. The van der Waals surface area contributed by atoms with Gasteiger partial charge in [0.05, 0.1) is 21.9 Å². The molecule has 2 fully saturated rings. The van der Waals surface area contributed by atoms with Gasteiger partial charge in [-0.25, -0.2) is 9.88 Å². The minimum Gasteiger partial charge on any atom is -0.283 e. The fourth-order valence-electron chi connectivity index (χ4n) is 4.50. The van der Waals surface area contributed by atoms with Crippen LogP contribution in [0, 0.1) is 6.92 Å². The van der Waals surface area contributed by atoms with Gasteiger partial charge in [-0.15, -0.1) is 11.3 Å². The summed E-state index contributed by atoms with van der Waals surface area (Å²) in [5, 5.41) is 3.07. The minimum absolute atomic E-state index is 0.0531. The molecule has 1 aromatic heterocycles. The molecular formula is C23H22N4O3S2. The fourth-order valence-corrected chi connectivity index (χ4v) is 6.35. The van der Waals surface area contributed by atoms with Crippen molar-refractivity contribution < 1.29 is 14.4 Å². The van der Waals surface area contributed by atoms with Crippen LogP contribution in [0.15, 0.2) is 39.5 Å². The van der Waals surface area contributed by atoms with Crippen molar-refractivity contribution in [1.29, 1.82) is 0 Å². The lowest BCUT2D eigenvalue weighted by molar-refractivity contribution is -0.125. The first-order chi connectivity index (χ1) is 15.5. The number of aryl methyl sites for hydroxylation is 1. The number of rotatable bonds is 2. The summed E-state index contributed by atoms with van der Waals surface area (Å²) in [4.78, 5) is 51.6. The third kappa shape index (κ3) is 3.49. The van der Waals surface area contributed by atoms with Gasteiger partial charge in [0, 0.05) is 23.9 Å². The molecule has 32 heavy (non-hydrogen) atoms. The van der Waals surface area contributed by atoms with Crippen LogP contribution in [0.3, 0.4) is 0 Å². The zero-order chi connectivity index (χ0) is 22.4. The number of hydrogen-bond donors (Lipinski definition) is 0. The second-order valence-corrected chi connectivity index (χ2v) is 9.93. The lowest BCUT2D eigenvalue weighted by Gasteiger charge is -2.30. The molecule has 164 valence electrons. The third-order valence-corrected chi connectivity index (χ3v) is 7.83. The number of aliphatic imine (C=N–C) groups is 1. The Labute approximate surface area is 194 Å². The van der Waals surface area contributed by atoms with Gasteiger partial charge in [0.15, 0.2) is 5.17 Å². The number of benzene rings is 1. The topological polar surface area (TPSA) is 82.9 Å². The Kier molecular flexibility index (Phi) is 5.46. The van der Waals surface area contributed by atoms with Gasteiger partial charge in [-0.2, -0.15) is 4.99 Å². The van der Waals surface area contributed by atoms with Gasteiger partial charge in [0.1, 0.15) is 0 Å². The van der Waals surface area contributed by atoms with E-state index < -0.39 is 5.91 Å². The van der Waals surface area contributed by atoms with Crippen LogP contribution in [0.5, 0.6) is 0 Å². The van der Waals surface area contributed by atoms with Crippen LogP contribution in [0.2, 0.25) is 0 Å². The number of thiazole rings is 1. The van der Waals surface area contributed by atoms with Crippen molar-refractivity contribution in [3.05, 3.63) is 45.8 Å². The van der Waals surface area contributed by atoms with Gasteiger partial charge >= 0.3 is 0 Å². The van der Waals surface area contributed by atoms with Gasteiger partial charge in [0.25, 0.3) is 11.8 Å². The highest BCUT2D eigenvalue weighted by molar-refractivity contribution is 8.18. The van der Waals surface area contributed by atoms with Gasteiger partial charge < -0.3 is 0 Å². The van der Waals surface area contributed by atoms with E-state index in [1.807, 2.05) is 18.4 Å². The number of carbonyl (C=O) groups is 3. The normalized spacial score (nSPS) is 22.9. The number of amides is 3. The highest BCUT2D eigenvalue weighted by Crippen LogP contribution is 2.46. The Bertz CT molecular complexity index is 1190. The van der Waals surface area contributed by atoms with E-state index in [0.29, 0.717) is 26.5 Å². The lowest BCUT2D eigenvalue weighted by Crippen LogP contribution is -2.40. The summed E-state index contributed by atoms with van der Waals surface area (Å²) in [6.45, 7) is 3.27. The van der Waals surface area contributed by atoms with Gasteiger partial charge in [-0.05, 0) is 37.6 Å². The van der Waals surface area contributed by atoms with Crippen molar-refractivity contribution in [1.82, 2.24) is 9.88 Å². The molecule has 0 spiro atoms. The molecule has 1 aromatic carbocycles. The molecule has 2 aliphatic heterocycles.